The molecule has 25 heavy (non-hydrogen) atoms. The second-order valence-corrected chi connectivity index (χ2v) is 8.09. The molecule has 0 aromatic heterocycles. The number of rotatable bonds is 3. The van der Waals surface area contributed by atoms with Gasteiger partial charge in [-0.1, -0.05) is 23.9 Å². The van der Waals surface area contributed by atoms with Crippen LogP contribution in [0.5, 0.6) is 0 Å². The summed E-state index contributed by atoms with van der Waals surface area (Å²) >= 11 is 1.54. The maximum absolute atomic E-state index is 12.8. The SMILES string of the molecule is Cc1cc(C(F)(F)F)ccc1Sc1ccccc1N1CC2(CNC2)C1. The van der Waals surface area contributed by atoms with E-state index < -0.39 is 11.7 Å². The standard InChI is InChI=1S/C19H19F3N2S/c1-13-8-14(19(20,21)22)6-7-16(13)25-17-5-3-2-4-15(17)24-11-18(12-24)9-23-10-18/h2-8,23H,9-12H2,1H3. The van der Waals surface area contributed by atoms with Crippen LogP contribution in [0.3, 0.4) is 0 Å². The molecular formula is C19H19F3N2S. The highest BCUT2D eigenvalue weighted by Crippen LogP contribution is 2.43. The van der Waals surface area contributed by atoms with Crippen LogP contribution in [0.1, 0.15) is 11.1 Å². The fourth-order valence-corrected chi connectivity index (χ4v) is 4.54. The number of nitrogens with one attached hydrogen (secondary N) is 1. The molecule has 0 unspecified atom stereocenters. The third kappa shape index (κ3) is 3.13. The summed E-state index contributed by atoms with van der Waals surface area (Å²) in [6.45, 7) is 5.99. The number of alkyl halides is 3. The molecule has 2 aromatic carbocycles. The van der Waals surface area contributed by atoms with Crippen LogP contribution in [-0.4, -0.2) is 26.2 Å². The molecule has 0 radical (unpaired) electrons. The molecule has 2 aliphatic heterocycles. The first kappa shape index (κ1) is 16.8. The van der Waals surface area contributed by atoms with Gasteiger partial charge in [0.15, 0.2) is 0 Å². The summed E-state index contributed by atoms with van der Waals surface area (Å²) in [5.41, 5.74) is 1.66. The molecule has 0 bridgehead atoms. The number of nitrogens with zero attached hydrogens (tertiary/aromatic N) is 1. The van der Waals surface area contributed by atoms with Crippen LogP contribution in [0.2, 0.25) is 0 Å². The van der Waals surface area contributed by atoms with Crippen LogP contribution in [0.25, 0.3) is 0 Å². The van der Waals surface area contributed by atoms with Crippen molar-refractivity contribution in [1.82, 2.24) is 5.32 Å². The summed E-state index contributed by atoms with van der Waals surface area (Å²) in [5.74, 6) is 0. The Bertz CT molecular complexity index is 791. The molecule has 1 spiro atoms. The number of hydrogen-bond donors (Lipinski definition) is 1. The van der Waals surface area contributed by atoms with E-state index in [1.807, 2.05) is 18.2 Å². The van der Waals surface area contributed by atoms with Gasteiger partial charge >= 0.3 is 6.18 Å². The van der Waals surface area contributed by atoms with E-state index >= 15 is 0 Å². The average Bonchev–Trinajstić information content (AvgIpc) is 2.47. The average molecular weight is 364 g/mol. The quantitative estimate of drug-likeness (QED) is 0.859. The van der Waals surface area contributed by atoms with Gasteiger partial charge in [-0.15, -0.1) is 0 Å². The highest BCUT2D eigenvalue weighted by atomic mass is 32.2. The van der Waals surface area contributed by atoms with Crippen molar-refractivity contribution in [3.05, 3.63) is 53.6 Å². The number of aryl methyl sites for hydroxylation is 1. The summed E-state index contributed by atoms with van der Waals surface area (Å²) < 4.78 is 38.5. The van der Waals surface area contributed by atoms with Gasteiger partial charge < -0.3 is 10.2 Å². The Labute approximate surface area is 149 Å². The summed E-state index contributed by atoms with van der Waals surface area (Å²) in [4.78, 5) is 4.32. The number of anilines is 1. The Balaban J connectivity index is 1.55. The molecule has 0 amide bonds. The first-order valence-electron chi connectivity index (χ1n) is 8.27. The van der Waals surface area contributed by atoms with Crippen LogP contribution < -0.4 is 10.2 Å². The van der Waals surface area contributed by atoms with Gasteiger partial charge in [-0.2, -0.15) is 13.2 Å². The lowest BCUT2D eigenvalue weighted by atomic mass is 9.74. The first-order valence-corrected chi connectivity index (χ1v) is 9.08. The summed E-state index contributed by atoms with van der Waals surface area (Å²) in [6.07, 6.45) is -4.30. The van der Waals surface area contributed by atoms with Gasteiger partial charge in [0.05, 0.1) is 11.3 Å². The fourth-order valence-electron chi connectivity index (χ4n) is 3.50. The summed E-state index contributed by atoms with van der Waals surface area (Å²) in [7, 11) is 0. The highest BCUT2D eigenvalue weighted by Gasteiger charge is 2.47. The molecule has 2 fully saturated rings. The van der Waals surface area contributed by atoms with E-state index in [1.165, 1.54) is 23.5 Å². The minimum absolute atomic E-state index is 0.433. The van der Waals surface area contributed by atoms with Crippen molar-refractivity contribution in [2.75, 3.05) is 31.1 Å². The van der Waals surface area contributed by atoms with E-state index in [0.717, 1.165) is 42.0 Å². The lowest BCUT2D eigenvalue weighted by molar-refractivity contribution is -0.137. The Morgan fingerprint density at radius 2 is 1.76 bits per heavy atom. The zero-order chi connectivity index (χ0) is 17.7. The smallest absolute Gasteiger partial charge is 0.369 e. The molecular weight excluding hydrogens is 345 g/mol. The molecule has 132 valence electrons. The fraction of sp³-hybridized carbons (Fsp3) is 0.368. The Morgan fingerprint density at radius 1 is 1.04 bits per heavy atom. The highest BCUT2D eigenvalue weighted by molar-refractivity contribution is 7.99. The van der Waals surface area contributed by atoms with Crippen LogP contribution >= 0.6 is 11.8 Å². The number of para-hydroxylation sites is 1. The van der Waals surface area contributed by atoms with Crippen molar-refractivity contribution in [2.45, 2.75) is 22.9 Å². The van der Waals surface area contributed by atoms with Crippen molar-refractivity contribution >= 4 is 17.4 Å². The van der Waals surface area contributed by atoms with Crippen molar-refractivity contribution in [1.29, 1.82) is 0 Å². The molecule has 4 rings (SSSR count). The van der Waals surface area contributed by atoms with Crippen LogP contribution in [0.4, 0.5) is 18.9 Å². The molecule has 0 aliphatic carbocycles. The monoisotopic (exact) mass is 364 g/mol. The molecule has 2 saturated heterocycles. The van der Waals surface area contributed by atoms with Crippen molar-refractivity contribution in [2.24, 2.45) is 5.41 Å². The van der Waals surface area contributed by atoms with E-state index in [-0.39, 0.29) is 0 Å². The molecule has 2 nitrogen and oxygen atoms in total. The van der Waals surface area contributed by atoms with Gasteiger partial charge in [-0.25, -0.2) is 0 Å². The third-order valence-electron chi connectivity index (χ3n) is 4.98. The molecule has 2 aliphatic rings. The zero-order valence-corrected chi connectivity index (χ0v) is 14.7. The van der Waals surface area contributed by atoms with Gasteiger partial charge in [-0.05, 0) is 42.8 Å². The lowest BCUT2D eigenvalue weighted by Gasteiger charge is -2.57. The van der Waals surface area contributed by atoms with Crippen LogP contribution in [-0.2, 0) is 6.18 Å². The molecule has 0 saturated carbocycles. The molecule has 2 heterocycles. The molecule has 6 heteroatoms. The first-order chi connectivity index (χ1) is 11.9. The Kier molecular flexibility index (Phi) is 4.00. The summed E-state index contributed by atoms with van der Waals surface area (Å²) in [5, 5.41) is 3.33. The van der Waals surface area contributed by atoms with E-state index in [9.17, 15) is 13.2 Å². The molecule has 1 N–H and O–H groups in total. The Morgan fingerprint density at radius 3 is 2.36 bits per heavy atom. The van der Waals surface area contributed by atoms with Crippen molar-refractivity contribution < 1.29 is 13.2 Å². The summed E-state index contributed by atoms with van der Waals surface area (Å²) in [6, 6.07) is 12.1. The predicted molar refractivity (Wildman–Crippen MR) is 94.3 cm³/mol. The van der Waals surface area contributed by atoms with Crippen molar-refractivity contribution in [3.63, 3.8) is 0 Å². The van der Waals surface area contributed by atoms with Gasteiger partial charge in [-0.3, -0.25) is 0 Å². The van der Waals surface area contributed by atoms with E-state index in [1.54, 1.807) is 13.0 Å². The van der Waals surface area contributed by atoms with Gasteiger partial charge in [0.25, 0.3) is 0 Å². The van der Waals surface area contributed by atoms with E-state index in [2.05, 4.69) is 16.3 Å². The second kappa shape index (κ2) is 5.95. The second-order valence-electron chi connectivity index (χ2n) is 7.01. The normalized spacial score (nSPS) is 18.8. The van der Waals surface area contributed by atoms with E-state index in [0.29, 0.717) is 11.0 Å². The predicted octanol–water partition coefficient (Wildman–Crippen LogP) is 4.57. The largest absolute Gasteiger partial charge is 0.416 e. The number of hydrogen-bond acceptors (Lipinski definition) is 3. The van der Waals surface area contributed by atoms with Crippen LogP contribution in [0.15, 0.2) is 52.3 Å². The van der Waals surface area contributed by atoms with Crippen molar-refractivity contribution in [3.8, 4) is 0 Å². The number of halogens is 3. The van der Waals surface area contributed by atoms with Gasteiger partial charge in [0, 0.05) is 41.4 Å². The minimum Gasteiger partial charge on any atom is -0.369 e. The molecule has 2 aromatic rings. The maximum atomic E-state index is 12.8. The van der Waals surface area contributed by atoms with Gasteiger partial charge in [0.1, 0.15) is 0 Å². The number of benzene rings is 2. The third-order valence-corrected chi connectivity index (χ3v) is 6.22. The van der Waals surface area contributed by atoms with E-state index in [4.69, 9.17) is 0 Å². The lowest BCUT2D eigenvalue weighted by Crippen LogP contribution is -2.71. The zero-order valence-electron chi connectivity index (χ0n) is 13.9. The molecule has 0 atom stereocenters. The maximum Gasteiger partial charge on any atom is 0.416 e. The Hall–Kier alpha value is -1.66. The van der Waals surface area contributed by atoms with Gasteiger partial charge in [0.2, 0.25) is 0 Å². The topological polar surface area (TPSA) is 15.3 Å². The minimum atomic E-state index is -4.30. The van der Waals surface area contributed by atoms with Crippen LogP contribution in [0, 0.1) is 12.3 Å².